The number of amides is 2. The number of allylic oxidation sites excluding steroid dienone is 1. The van der Waals surface area contributed by atoms with Gasteiger partial charge in [0.25, 0.3) is 0 Å². The molecule has 53 heavy (non-hydrogen) atoms. The second-order valence-electron chi connectivity index (χ2n) is 15.3. The summed E-state index contributed by atoms with van der Waals surface area (Å²) in [6, 6.07) is 16.3. The quantitative estimate of drug-likeness (QED) is 0.202. The monoisotopic (exact) mass is 725 g/mol. The second-order valence-corrected chi connectivity index (χ2v) is 15.3. The molecule has 1 aromatic heterocycles. The van der Waals surface area contributed by atoms with Gasteiger partial charge < -0.3 is 29.2 Å². The normalized spacial score (nSPS) is 25.0. The third kappa shape index (κ3) is 8.83. The maximum Gasteiger partial charge on any atom is 0.332 e. The molecule has 0 radical (unpaired) electrons. The molecule has 3 aliphatic rings. The number of methoxy groups -OCH3 is 1. The molecular weight excluding hydrogens is 674 g/mol. The van der Waals surface area contributed by atoms with E-state index in [1.165, 1.54) is 0 Å². The van der Waals surface area contributed by atoms with Crippen molar-refractivity contribution in [3.05, 3.63) is 66.7 Å². The van der Waals surface area contributed by atoms with E-state index in [0.29, 0.717) is 35.6 Å². The smallest absolute Gasteiger partial charge is 0.332 e. The molecule has 2 fully saturated rings. The zero-order valence-electron chi connectivity index (χ0n) is 31.4. The average molecular weight is 726 g/mol. The number of hydrogen-bond donors (Lipinski definition) is 1. The zero-order valence-corrected chi connectivity index (χ0v) is 31.4. The molecule has 2 aliphatic heterocycles. The summed E-state index contributed by atoms with van der Waals surface area (Å²) in [5.41, 5.74) is 0.365. The predicted octanol–water partition coefficient (Wildman–Crippen LogP) is 6.57. The number of esters is 2. The maximum atomic E-state index is 14.6. The van der Waals surface area contributed by atoms with Gasteiger partial charge in [0.05, 0.1) is 37.9 Å². The average Bonchev–Trinajstić information content (AvgIpc) is 3.66. The first-order valence-corrected chi connectivity index (χ1v) is 18.8. The van der Waals surface area contributed by atoms with Crippen molar-refractivity contribution in [3.8, 4) is 22.8 Å². The highest BCUT2D eigenvalue weighted by atomic mass is 16.6. The van der Waals surface area contributed by atoms with Gasteiger partial charge in [-0.05, 0) is 65.5 Å². The fraction of sp³-hybridized carbons (Fsp3) is 0.500. The van der Waals surface area contributed by atoms with Gasteiger partial charge >= 0.3 is 11.9 Å². The maximum absolute atomic E-state index is 14.6. The van der Waals surface area contributed by atoms with Crippen molar-refractivity contribution in [3.63, 3.8) is 0 Å². The van der Waals surface area contributed by atoms with Gasteiger partial charge in [-0.2, -0.15) is 0 Å². The van der Waals surface area contributed by atoms with Crippen LogP contribution in [0.25, 0.3) is 22.2 Å². The molecule has 1 saturated heterocycles. The molecule has 0 bridgehead atoms. The number of carbonyl (C=O) groups excluding carboxylic acids is 4. The van der Waals surface area contributed by atoms with Gasteiger partial charge in [0.1, 0.15) is 34.8 Å². The highest BCUT2D eigenvalue weighted by molar-refractivity contribution is 5.96. The molecule has 3 heterocycles. The lowest BCUT2D eigenvalue weighted by atomic mass is 9.95. The standard InChI is InChI=1S/C42H51N3O8/c1-6-51-40(49)42-25-29(42)18-14-9-7-8-11-17-28(21-37(46)53-41(2,3)4)39(48)45-26-31(23-35(45)38(47)44-42)52-36-24-33(27-15-12-10-13-16-27)43-34-22-30(50-5)19-20-32(34)36/h10,12-16,18-20,22,24,28-29,31,35H,6-9,11,17,21,23,25-26H2,1-5H3,(H,44,47)/t28-,29?,31-,35+,42-/m1/s1. The Morgan fingerprint density at radius 1 is 1.04 bits per heavy atom. The summed E-state index contributed by atoms with van der Waals surface area (Å²) < 4.78 is 23.3. The van der Waals surface area contributed by atoms with E-state index in [-0.39, 0.29) is 37.8 Å². The molecule has 1 aliphatic carbocycles. The zero-order chi connectivity index (χ0) is 37.8. The lowest BCUT2D eigenvalue weighted by molar-refractivity contribution is -0.159. The Morgan fingerprint density at radius 3 is 2.57 bits per heavy atom. The van der Waals surface area contributed by atoms with Crippen LogP contribution in [-0.2, 0) is 28.7 Å². The lowest BCUT2D eigenvalue weighted by Crippen LogP contribution is -2.54. The van der Waals surface area contributed by atoms with Crippen molar-refractivity contribution < 1.29 is 38.1 Å². The summed E-state index contributed by atoms with van der Waals surface area (Å²) in [4.78, 5) is 61.9. The second kappa shape index (κ2) is 16.0. The minimum absolute atomic E-state index is 0.0987. The van der Waals surface area contributed by atoms with Crippen LogP contribution in [0.2, 0.25) is 0 Å². The van der Waals surface area contributed by atoms with E-state index in [4.69, 9.17) is 23.9 Å². The summed E-state index contributed by atoms with van der Waals surface area (Å²) in [6.45, 7) is 7.42. The number of fused-ring (bicyclic) bond motifs is 3. The molecule has 282 valence electrons. The molecule has 1 saturated carbocycles. The lowest BCUT2D eigenvalue weighted by Gasteiger charge is -2.29. The Labute approximate surface area is 311 Å². The van der Waals surface area contributed by atoms with Gasteiger partial charge in [0.2, 0.25) is 11.8 Å². The highest BCUT2D eigenvalue weighted by Gasteiger charge is 2.62. The van der Waals surface area contributed by atoms with Crippen molar-refractivity contribution in [2.45, 2.75) is 102 Å². The Bertz CT molecular complexity index is 1850. The van der Waals surface area contributed by atoms with E-state index >= 15 is 0 Å². The van der Waals surface area contributed by atoms with E-state index in [9.17, 15) is 19.2 Å². The summed E-state index contributed by atoms with van der Waals surface area (Å²) in [5.74, 6) is -1.39. The first kappa shape index (κ1) is 37.8. The Morgan fingerprint density at radius 2 is 1.83 bits per heavy atom. The van der Waals surface area contributed by atoms with Crippen LogP contribution in [0.3, 0.4) is 0 Å². The van der Waals surface area contributed by atoms with E-state index < -0.39 is 47.0 Å². The Kier molecular flexibility index (Phi) is 11.4. The fourth-order valence-corrected chi connectivity index (χ4v) is 7.45. The first-order valence-electron chi connectivity index (χ1n) is 18.8. The fourth-order valence-electron chi connectivity index (χ4n) is 7.45. The summed E-state index contributed by atoms with van der Waals surface area (Å²) >= 11 is 0. The van der Waals surface area contributed by atoms with E-state index in [1.54, 1.807) is 39.7 Å². The molecule has 0 spiro atoms. The van der Waals surface area contributed by atoms with Crippen LogP contribution >= 0.6 is 0 Å². The Balaban J connectivity index is 1.35. The molecule has 5 atom stereocenters. The van der Waals surface area contributed by atoms with E-state index in [1.807, 2.05) is 60.7 Å². The van der Waals surface area contributed by atoms with Crippen molar-refractivity contribution in [1.82, 2.24) is 15.2 Å². The van der Waals surface area contributed by atoms with Gasteiger partial charge in [-0.25, -0.2) is 9.78 Å². The number of aromatic nitrogens is 1. The molecule has 1 N–H and O–H groups in total. The van der Waals surface area contributed by atoms with Gasteiger partial charge in [-0.3, -0.25) is 14.4 Å². The number of rotatable bonds is 8. The number of carbonyl (C=O) groups is 4. The molecule has 1 unspecified atom stereocenters. The van der Waals surface area contributed by atoms with Crippen LogP contribution in [0.5, 0.6) is 11.5 Å². The number of nitrogens with one attached hydrogen (secondary N) is 1. The molecular formula is C42H51N3O8. The topological polar surface area (TPSA) is 133 Å². The van der Waals surface area contributed by atoms with E-state index in [2.05, 4.69) is 11.4 Å². The van der Waals surface area contributed by atoms with Crippen molar-refractivity contribution in [1.29, 1.82) is 0 Å². The number of benzene rings is 2. The third-order valence-corrected chi connectivity index (χ3v) is 10.2. The van der Waals surface area contributed by atoms with Crippen molar-refractivity contribution in [2.24, 2.45) is 11.8 Å². The SMILES string of the molecule is CCOC(=O)[C@@]12CC1C=CCCCCC[C@H](CC(=O)OC(C)(C)C)C(=O)N1C[C@H](Oc3cc(-c4ccccc4)nc4cc(OC)ccc34)C[C@H]1C(=O)N2. The highest BCUT2D eigenvalue weighted by Crippen LogP contribution is 2.46. The summed E-state index contributed by atoms with van der Waals surface area (Å²) in [5, 5.41) is 3.78. The van der Waals surface area contributed by atoms with Crippen LogP contribution in [-0.4, -0.2) is 77.2 Å². The molecule has 6 rings (SSSR count). The number of nitrogens with zero attached hydrogens (tertiary/aromatic N) is 2. The summed E-state index contributed by atoms with van der Waals surface area (Å²) in [6.07, 6.45) is 7.77. The van der Waals surface area contributed by atoms with Crippen molar-refractivity contribution >= 4 is 34.7 Å². The van der Waals surface area contributed by atoms with Crippen LogP contribution in [0.15, 0.2) is 66.7 Å². The largest absolute Gasteiger partial charge is 0.497 e. The van der Waals surface area contributed by atoms with Crippen LogP contribution in [0, 0.1) is 11.8 Å². The van der Waals surface area contributed by atoms with Gasteiger partial charge in [0, 0.05) is 41.3 Å². The van der Waals surface area contributed by atoms with E-state index in [0.717, 1.165) is 36.6 Å². The van der Waals surface area contributed by atoms with Crippen LogP contribution in [0.1, 0.15) is 79.1 Å². The van der Waals surface area contributed by atoms with Crippen molar-refractivity contribution in [2.75, 3.05) is 20.3 Å². The number of hydrogen-bond acceptors (Lipinski definition) is 9. The minimum Gasteiger partial charge on any atom is -0.497 e. The molecule has 11 nitrogen and oxygen atoms in total. The first-order chi connectivity index (χ1) is 25.4. The molecule has 3 aromatic rings. The van der Waals surface area contributed by atoms with Gasteiger partial charge in [-0.1, -0.05) is 55.3 Å². The molecule has 11 heteroatoms. The predicted molar refractivity (Wildman–Crippen MR) is 200 cm³/mol. The molecule has 2 amide bonds. The third-order valence-electron chi connectivity index (χ3n) is 10.2. The van der Waals surface area contributed by atoms with Gasteiger partial charge in [0.15, 0.2) is 0 Å². The minimum atomic E-state index is -1.20. The number of ether oxygens (including phenoxy) is 4. The molecule has 2 aromatic carbocycles. The van der Waals surface area contributed by atoms with Crippen LogP contribution < -0.4 is 14.8 Å². The number of pyridine rings is 1. The summed E-state index contributed by atoms with van der Waals surface area (Å²) in [7, 11) is 1.60. The van der Waals surface area contributed by atoms with Crippen LogP contribution in [0.4, 0.5) is 0 Å². The van der Waals surface area contributed by atoms with Gasteiger partial charge in [-0.15, -0.1) is 0 Å². The Hall–Kier alpha value is -4.93.